The summed E-state index contributed by atoms with van der Waals surface area (Å²) in [4.78, 5) is 0. The summed E-state index contributed by atoms with van der Waals surface area (Å²) in [5, 5.41) is 22.7. The molecule has 1 heterocycles. The van der Waals surface area contributed by atoms with Crippen molar-refractivity contribution in [2.45, 2.75) is 12.6 Å². The number of benzene rings is 2. The van der Waals surface area contributed by atoms with E-state index in [1.807, 2.05) is 30.3 Å². The molecule has 3 rings (SSSR count). The molecule has 0 aromatic heterocycles. The van der Waals surface area contributed by atoms with E-state index in [1.165, 1.54) is 0 Å². The third-order valence-corrected chi connectivity index (χ3v) is 3.50. The fourth-order valence-electron chi connectivity index (χ4n) is 2.32. The molecule has 0 saturated carbocycles. The minimum Gasteiger partial charge on any atom is -0.507 e. The van der Waals surface area contributed by atoms with Gasteiger partial charge in [-0.1, -0.05) is 30.3 Å². The minimum absolute atomic E-state index is 0.0185. The van der Waals surface area contributed by atoms with E-state index in [0.29, 0.717) is 23.6 Å². The Morgan fingerprint density at radius 1 is 1.10 bits per heavy atom. The number of fused-ring (bicyclic) bond motifs is 1. The Kier molecular flexibility index (Phi) is 3.94. The number of ether oxygens (including phenoxy) is 2. The van der Waals surface area contributed by atoms with E-state index in [9.17, 15) is 10.2 Å². The molecule has 0 radical (unpaired) electrons. The molecule has 21 heavy (non-hydrogen) atoms. The second-order valence-corrected chi connectivity index (χ2v) is 4.86. The number of nitrogens with one attached hydrogen (secondary N) is 1. The van der Waals surface area contributed by atoms with Gasteiger partial charge in [0.05, 0.1) is 12.6 Å². The van der Waals surface area contributed by atoms with Gasteiger partial charge in [-0.15, -0.1) is 0 Å². The lowest BCUT2D eigenvalue weighted by Gasteiger charge is -2.17. The van der Waals surface area contributed by atoms with Gasteiger partial charge in [0.2, 0.25) is 6.79 Å². The highest BCUT2D eigenvalue weighted by atomic mass is 16.7. The van der Waals surface area contributed by atoms with Gasteiger partial charge in [-0.25, -0.2) is 0 Å². The lowest BCUT2D eigenvalue weighted by atomic mass is 10.1. The summed E-state index contributed by atoms with van der Waals surface area (Å²) >= 11 is 0. The third-order valence-electron chi connectivity index (χ3n) is 3.50. The summed E-state index contributed by atoms with van der Waals surface area (Å²) in [6.07, 6.45) is 0. The summed E-state index contributed by atoms with van der Waals surface area (Å²) in [7, 11) is 0. The van der Waals surface area contributed by atoms with Crippen LogP contribution in [0.1, 0.15) is 17.2 Å². The Morgan fingerprint density at radius 3 is 2.52 bits per heavy atom. The van der Waals surface area contributed by atoms with Crippen molar-refractivity contribution < 1.29 is 19.7 Å². The largest absolute Gasteiger partial charge is 0.507 e. The van der Waals surface area contributed by atoms with E-state index in [-0.39, 0.29) is 25.2 Å². The molecular formula is C16H17NO4. The van der Waals surface area contributed by atoms with Crippen molar-refractivity contribution in [3.8, 4) is 17.2 Å². The van der Waals surface area contributed by atoms with Gasteiger partial charge in [-0.2, -0.15) is 0 Å². The summed E-state index contributed by atoms with van der Waals surface area (Å²) in [5.74, 6) is 1.33. The standard InChI is InChI=1S/C16H17NO4/c18-9-13(11-4-2-1-3-5-11)17-8-12-6-15-16(7-14(12)19)21-10-20-15/h1-7,13,17-19H,8-10H2. The molecule has 1 unspecified atom stereocenters. The van der Waals surface area contributed by atoms with Gasteiger partial charge in [0.1, 0.15) is 5.75 Å². The van der Waals surface area contributed by atoms with E-state index in [0.717, 1.165) is 5.56 Å². The van der Waals surface area contributed by atoms with Gasteiger partial charge in [0.15, 0.2) is 11.5 Å². The van der Waals surface area contributed by atoms with Crippen molar-refractivity contribution >= 4 is 0 Å². The van der Waals surface area contributed by atoms with Crippen molar-refractivity contribution in [2.75, 3.05) is 13.4 Å². The molecule has 3 N–H and O–H groups in total. The van der Waals surface area contributed by atoms with Gasteiger partial charge in [-0.3, -0.25) is 0 Å². The lowest BCUT2D eigenvalue weighted by molar-refractivity contribution is 0.174. The van der Waals surface area contributed by atoms with Crippen LogP contribution in [0, 0.1) is 0 Å². The van der Waals surface area contributed by atoms with Gasteiger partial charge < -0.3 is 25.0 Å². The van der Waals surface area contributed by atoms with Crippen LogP contribution in [-0.4, -0.2) is 23.6 Å². The molecule has 0 amide bonds. The van der Waals surface area contributed by atoms with E-state index in [1.54, 1.807) is 12.1 Å². The Bertz CT molecular complexity index is 615. The van der Waals surface area contributed by atoms with Crippen molar-refractivity contribution in [1.82, 2.24) is 5.32 Å². The molecule has 1 atom stereocenters. The fourth-order valence-corrected chi connectivity index (χ4v) is 2.32. The number of hydrogen-bond donors (Lipinski definition) is 3. The summed E-state index contributed by atoms with van der Waals surface area (Å²) in [5.41, 5.74) is 1.70. The highest BCUT2D eigenvalue weighted by molar-refractivity contribution is 5.51. The molecular weight excluding hydrogens is 270 g/mol. The van der Waals surface area contributed by atoms with Crippen LogP contribution in [0.3, 0.4) is 0 Å². The number of aliphatic hydroxyl groups excluding tert-OH is 1. The van der Waals surface area contributed by atoms with Crippen LogP contribution in [0.4, 0.5) is 0 Å². The molecule has 0 aliphatic carbocycles. The zero-order chi connectivity index (χ0) is 14.7. The Balaban J connectivity index is 1.72. The maximum atomic E-state index is 9.99. The number of hydrogen-bond acceptors (Lipinski definition) is 5. The molecule has 0 spiro atoms. The molecule has 1 aliphatic rings. The maximum absolute atomic E-state index is 9.99. The minimum atomic E-state index is -0.184. The molecule has 0 saturated heterocycles. The van der Waals surface area contributed by atoms with E-state index in [2.05, 4.69) is 5.32 Å². The molecule has 0 fully saturated rings. The predicted octanol–water partition coefficient (Wildman–Crippen LogP) is 1.94. The van der Waals surface area contributed by atoms with Crippen molar-refractivity contribution in [1.29, 1.82) is 0 Å². The summed E-state index contributed by atoms with van der Waals surface area (Å²) in [6, 6.07) is 12.8. The number of phenols is 1. The predicted molar refractivity (Wildman–Crippen MR) is 77.3 cm³/mol. The number of phenolic OH excluding ortho intramolecular Hbond substituents is 1. The van der Waals surface area contributed by atoms with Crippen molar-refractivity contribution in [2.24, 2.45) is 0 Å². The molecule has 0 bridgehead atoms. The van der Waals surface area contributed by atoms with Crippen LogP contribution >= 0.6 is 0 Å². The van der Waals surface area contributed by atoms with Crippen LogP contribution in [-0.2, 0) is 6.54 Å². The quantitative estimate of drug-likeness (QED) is 0.784. The Hall–Kier alpha value is -2.24. The first-order chi connectivity index (χ1) is 10.3. The SMILES string of the molecule is OCC(NCc1cc2c(cc1O)OCO2)c1ccccc1. The van der Waals surface area contributed by atoms with E-state index in [4.69, 9.17) is 9.47 Å². The van der Waals surface area contributed by atoms with Gasteiger partial charge in [0, 0.05) is 18.2 Å². The van der Waals surface area contributed by atoms with Crippen LogP contribution < -0.4 is 14.8 Å². The zero-order valence-electron chi connectivity index (χ0n) is 11.5. The first-order valence-electron chi connectivity index (χ1n) is 6.78. The highest BCUT2D eigenvalue weighted by Gasteiger charge is 2.18. The second kappa shape index (κ2) is 6.03. The normalized spacial score (nSPS) is 14.1. The number of rotatable bonds is 5. The third kappa shape index (κ3) is 2.94. The molecule has 110 valence electrons. The van der Waals surface area contributed by atoms with Crippen LogP contribution in [0.15, 0.2) is 42.5 Å². The molecule has 1 aliphatic heterocycles. The first-order valence-corrected chi connectivity index (χ1v) is 6.78. The Morgan fingerprint density at radius 2 is 1.81 bits per heavy atom. The summed E-state index contributed by atoms with van der Waals surface area (Å²) < 4.78 is 10.5. The lowest BCUT2D eigenvalue weighted by Crippen LogP contribution is -2.23. The smallest absolute Gasteiger partial charge is 0.231 e. The molecule has 5 heteroatoms. The van der Waals surface area contributed by atoms with Gasteiger partial charge in [-0.05, 0) is 11.6 Å². The number of aliphatic hydroxyl groups is 1. The van der Waals surface area contributed by atoms with Gasteiger partial charge in [0.25, 0.3) is 0 Å². The molecule has 5 nitrogen and oxygen atoms in total. The monoisotopic (exact) mass is 287 g/mol. The average molecular weight is 287 g/mol. The van der Waals surface area contributed by atoms with Crippen LogP contribution in [0.2, 0.25) is 0 Å². The van der Waals surface area contributed by atoms with E-state index < -0.39 is 0 Å². The first kappa shape index (κ1) is 13.7. The van der Waals surface area contributed by atoms with Crippen molar-refractivity contribution in [3.63, 3.8) is 0 Å². The average Bonchev–Trinajstić information content (AvgIpc) is 2.96. The van der Waals surface area contributed by atoms with Crippen LogP contribution in [0.25, 0.3) is 0 Å². The highest BCUT2D eigenvalue weighted by Crippen LogP contribution is 2.37. The zero-order valence-corrected chi connectivity index (χ0v) is 11.5. The van der Waals surface area contributed by atoms with Crippen molar-refractivity contribution in [3.05, 3.63) is 53.6 Å². The van der Waals surface area contributed by atoms with Gasteiger partial charge >= 0.3 is 0 Å². The molecule has 2 aromatic carbocycles. The second-order valence-electron chi connectivity index (χ2n) is 4.86. The molecule has 2 aromatic rings. The fraction of sp³-hybridized carbons (Fsp3) is 0.250. The summed E-state index contributed by atoms with van der Waals surface area (Å²) in [6.45, 7) is 0.576. The topological polar surface area (TPSA) is 71.0 Å². The Labute approximate surface area is 122 Å². The van der Waals surface area contributed by atoms with Crippen LogP contribution in [0.5, 0.6) is 17.2 Å². The number of aromatic hydroxyl groups is 1. The van der Waals surface area contributed by atoms with E-state index >= 15 is 0 Å². The maximum Gasteiger partial charge on any atom is 0.231 e.